The Kier molecular flexibility index (Phi) is 4.26. The van der Waals surface area contributed by atoms with Crippen LogP contribution in [0, 0.1) is 20.2 Å². The van der Waals surface area contributed by atoms with E-state index in [9.17, 15) is 29.8 Å². The van der Waals surface area contributed by atoms with Gasteiger partial charge in [-0.2, -0.15) is 0 Å². The first-order valence-electron chi connectivity index (χ1n) is 8.56. The van der Waals surface area contributed by atoms with Gasteiger partial charge in [0.25, 0.3) is 16.9 Å². The summed E-state index contributed by atoms with van der Waals surface area (Å²) in [5.74, 6) is -0.359. The molecule has 146 valence electrons. The fraction of sp³-hybridized carbons (Fsp3) is 0.167. The van der Waals surface area contributed by atoms with Gasteiger partial charge in [-0.1, -0.05) is 0 Å². The number of nitrogens with zero attached hydrogens (tertiary/aromatic N) is 5. The normalized spacial score (nSPS) is 12.8. The SMILES string of the molecule is O=C(Cn1cnc2cc([N+](=O)[O-])ccc2c1=O)N1CCc2cc([N+](=O)[O-])ccc21. The lowest BCUT2D eigenvalue weighted by Crippen LogP contribution is -2.35. The maximum absolute atomic E-state index is 12.7. The molecule has 1 amide bonds. The highest BCUT2D eigenvalue weighted by Gasteiger charge is 2.26. The molecular formula is C18H13N5O6. The van der Waals surface area contributed by atoms with E-state index in [2.05, 4.69) is 4.98 Å². The highest BCUT2D eigenvalue weighted by Crippen LogP contribution is 2.31. The van der Waals surface area contributed by atoms with Crippen LogP contribution in [0.3, 0.4) is 0 Å². The van der Waals surface area contributed by atoms with E-state index in [1.807, 2.05) is 0 Å². The van der Waals surface area contributed by atoms with Gasteiger partial charge in [0.15, 0.2) is 0 Å². The molecule has 0 aliphatic carbocycles. The maximum atomic E-state index is 12.7. The lowest BCUT2D eigenvalue weighted by atomic mass is 10.1. The van der Waals surface area contributed by atoms with Crippen molar-refractivity contribution >= 4 is 33.9 Å². The van der Waals surface area contributed by atoms with E-state index in [0.717, 1.165) is 4.57 Å². The number of nitro benzene ring substituents is 2. The monoisotopic (exact) mass is 395 g/mol. The van der Waals surface area contributed by atoms with Crippen LogP contribution in [-0.2, 0) is 17.8 Å². The molecule has 1 aliphatic rings. The molecule has 0 spiro atoms. The van der Waals surface area contributed by atoms with Gasteiger partial charge in [-0.3, -0.25) is 34.4 Å². The highest BCUT2D eigenvalue weighted by molar-refractivity contribution is 5.95. The third-order valence-electron chi connectivity index (χ3n) is 4.80. The molecule has 0 radical (unpaired) electrons. The number of carbonyl (C=O) groups excluding carboxylic acids is 1. The minimum absolute atomic E-state index is 0.0397. The van der Waals surface area contributed by atoms with Gasteiger partial charge in [0.2, 0.25) is 5.91 Å². The first kappa shape index (κ1) is 18.2. The second-order valence-corrected chi connectivity index (χ2v) is 6.50. The second kappa shape index (κ2) is 6.78. The Labute approximate surface area is 162 Å². The Morgan fingerprint density at radius 3 is 2.48 bits per heavy atom. The third-order valence-corrected chi connectivity index (χ3v) is 4.80. The summed E-state index contributed by atoms with van der Waals surface area (Å²) in [5, 5.41) is 21.9. The first-order valence-corrected chi connectivity index (χ1v) is 8.56. The van der Waals surface area contributed by atoms with Crippen molar-refractivity contribution in [2.24, 2.45) is 0 Å². The van der Waals surface area contributed by atoms with E-state index in [-0.39, 0.29) is 34.7 Å². The third kappa shape index (κ3) is 3.18. The Morgan fingerprint density at radius 2 is 1.76 bits per heavy atom. The van der Waals surface area contributed by atoms with Crippen LogP contribution in [0.2, 0.25) is 0 Å². The van der Waals surface area contributed by atoms with E-state index in [4.69, 9.17) is 0 Å². The van der Waals surface area contributed by atoms with Crippen LogP contribution in [0.1, 0.15) is 5.56 Å². The molecule has 1 aliphatic heterocycles. The fourth-order valence-corrected chi connectivity index (χ4v) is 3.36. The van der Waals surface area contributed by atoms with Crippen LogP contribution >= 0.6 is 0 Å². The van der Waals surface area contributed by atoms with Crippen LogP contribution in [0.15, 0.2) is 47.5 Å². The van der Waals surface area contributed by atoms with Crippen LogP contribution in [0.4, 0.5) is 17.1 Å². The van der Waals surface area contributed by atoms with Crippen molar-refractivity contribution in [2.75, 3.05) is 11.4 Å². The molecule has 0 saturated heterocycles. The Hall–Kier alpha value is -4.15. The fourth-order valence-electron chi connectivity index (χ4n) is 3.36. The Morgan fingerprint density at radius 1 is 1.07 bits per heavy atom. The number of benzene rings is 2. The molecule has 11 nitrogen and oxygen atoms in total. The zero-order chi connectivity index (χ0) is 20.7. The molecule has 0 N–H and O–H groups in total. The van der Waals surface area contributed by atoms with Crippen molar-refractivity contribution < 1.29 is 14.6 Å². The zero-order valence-electron chi connectivity index (χ0n) is 14.8. The Balaban J connectivity index is 1.61. The lowest BCUT2D eigenvalue weighted by Gasteiger charge is -2.18. The number of aromatic nitrogens is 2. The van der Waals surface area contributed by atoms with Crippen LogP contribution in [0.5, 0.6) is 0 Å². The first-order chi connectivity index (χ1) is 13.8. The van der Waals surface area contributed by atoms with Crippen LogP contribution in [0.25, 0.3) is 10.9 Å². The molecule has 2 heterocycles. The molecule has 4 rings (SSSR count). The molecule has 29 heavy (non-hydrogen) atoms. The lowest BCUT2D eigenvalue weighted by molar-refractivity contribution is -0.385. The highest BCUT2D eigenvalue weighted by atomic mass is 16.6. The van der Waals surface area contributed by atoms with E-state index in [1.165, 1.54) is 47.6 Å². The van der Waals surface area contributed by atoms with Gasteiger partial charge in [-0.05, 0) is 24.1 Å². The minimum Gasteiger partial charge on any atom is -0.310 e. The average Bonchev–Trinajstić information content (AvgIpc) is 3.13. The number of hydrogen-bond donors (Lipinski definition) is 0. The predicted octanol–water partition coefficient (Wildman–Crippen LogP) is 1.80. The molecule has 3 aromatic rings. The number of rotatable bonds is 4. The average molecular weight is 395 g/mol. The van der Waals surface area contributed by atoms with Crippen molar-refractivity contribution in [1.29, 1.82) is 0 Å². The predicted molar refractivity (Wildman–Crippen MR) is 102 cm³/mol. The van der Waals surface area contributed by atoms with E-state index in [0.29, 0.717) is 24.2 Å². The number of carbonyl (C=O) groups is 1. The van der Waals surface area contributed by atoms with Crippen molar-refractivity contribution in [3.05, 3.63) is 78.9 Å². The van der Waals surface area contributed by atoms with E-state index < -0.39 is 15.4 Å². The molecule has 0 unspecified atom stereocenters. The number of amides is 1. The molecule has 2 aromatic carbocycles. The number of anilines is 1. The largest absolute Gasteiger partial charge is 0.310 e. The van der Waals surface area contributed by atoms with Crippen molar-refractivity contribution in [3.63, 3.8) is 0 Å². The standard InChI is InChI=1S/C18H13N5O6/c24-17(21-6-5-11-7-12(22(26)27)2-4-16(11)21)9-20-10-19-15-8-13(23(28)29)1-3-14(15)18(20)25/h1-4,7-8,10H,5-6,9H2. The molecule has 11 heteroatoms. The topological polar surface area (TPSA) is 141 Å². The molecule has 1 aromatic heterocycles. The summed E-state index contributed by atoms with van der Waals surface area (Å²) in [7, 11) is 0. The van der Waals surface area contributed by atoms with Gasteiger partial charge >= 0.3 is 0 Å². The van der Waals surface area contributed by atoms with Gasteiger partial charge < -0.3 is 4.90 Å². The summed E-state index contributed by atoms with van der Waals surface area (Å²) in [5.41, 5.74) is 0.748. The van der Waals surface area contributed by atoms with Crippen molar-refractivity contribution in [1.82, 2.24) is 9.55 Å². The number of nitro groups is 2. The van der Waals surface area contributed by atoms with E-state index in [1.54, 1.807) is 0 Å². The molecular weight excluding hydrogens is 382 g/mol. The number of fused-ring (bicyclic) bond motifs is 2. The summed E-state index contributed by atoms with van der Waals surface area (Å²) in [4.78, 5) is 51.6. The van der Waals surface area contributed by atoms with Gasteiger partial charge in [0.1, 0.15) is 6.54 Å². The summed E-state index contributed by atoms with van der Waals surface area (Å²) in [6, 6.07) is 8.03. The second-order valence-electron chi connectivity index (χ2n) is 6.50. The van der Waals surface area contributed by atoms with E-state index >= 15 is 0 Å². The summed E-state index contributed by atoms with van der Waals surface area (Å²) < 4.78 is 1.14. The summed E-state index contributed by atoms with van der Waals surface area (Å²) in [6.45, 7) is 0.0898. The van der Waals surface area contributed by atoms with Gasteiger partial charge in [0.05, 0.1) is 27.1 Å². The van der Waals surface area contributed by atoms with Gasteiger partial charge in [-0.25, -0.2) is 4.98 Å². The molecule has 0 bridgehead atoms. The maximum Gasteiger partial charge on any atom is 0.271 e. The number of non-ortho nitro benzene ring substituents is 2. The summed E-state index contributed by atoms with van der Waals surface area (Å²) in [6.07, 6.45) is 1.66. The molecule has 0 fully saturated rings. The van der Waals surface area contributed by atoms with Crippen LogP contribution < -0.4 is 10.5 Å². The minimum atomic E-state index is -0.578. The van der Waals surface area contributed by atoms with Gasteiger partial charge in [-0.15, -0.1) is 0 Å². The molecule has 0 saturated carbocycles. The zero-order valence-corrected chi connectivity index (χ0v) is 14.8. The summed E-state index contributed by atoms with van der Waals surface area (Å²) >= 11 is 0. The van der Waals surface area contributed by atoms with Gasteiger partial charge in [0, 0.05) is 36.5 Å². The Bertz CT molecular complexity index is 1250. The number of hydrogen-bond acceptors (Lipinski definition) is 7. The smallest absolute Gasteiger partial charge is 0.271 e. The van der Waals surface area contributed by atoms with Crippen LogP contribution in [-0.4, -0.2) is 31.8 Å². The molecule has 0 atom stereocenters. The van der Waals surface area contributed by atoms with Crippen molar-refractivity contribution in [2.45, 2.75) is 13.0 Å². The van der Waals surface area contributed by atoms with Crippen molar-refractivity contribution in [3.8, 4) is 0 Å². The quantitative estimate of drug-likeness (QED) is 0.484.